The lowest BCUT2D eigenvalue weighted by Crippen LogP contribution is -1.96. The highest BCUT2D eigenvalue weighted by atomic mass is 79.9. The van der Waals surface area contributed by atoms with E-state index in [0.29, 0.717) is 10.0 Å². The van der Waals surface area contributed by atoms with Gasteiger partial charge in [-0.05, 0) is 33.6 Å². The van der Waals surface area contributed by atoms with Crippen LogP contribution in [-0.2, 0) is 9.53 Å². The second-order valence-corrected chi connectivity index (χ2v) is 3.71. The van der Waals surface area contributed by atoms with Gasteiger partial charge < -0.3 is 4.74 Å². The molecule has 0 amide bonds. The Bertz CT molecular complexity index is 388. The van der Waals surface area contributed by atoms with Crippen LogP contribution in [0.25, 0.3) is 6.08 Å². The number of hydrogen-bond donors (Lipinski definition) is 0. The molecule has 4 heteroatoms. The van der Waals surface area contributed by atoms with E-state index in [-0.39, 0.29) is 18.2 Å². The Morgan fingerprint density at radius 1 is 1.60 bits per heavy atom. The first-order valence-corrected chi connectivity index (χ1v) is 5.11. The van der Waals surface area contributed by atoms with Crippen LogP contribution in [0.4, 0.5) is 4.39 Å². The Hall–Kier alpha value is -1.16. The molecule has 0 aliphatic heterocycles. The zero-order chi connectivity index (χ0) is 11.3. The molecule has 0 aromatic heterocycles. The van der Waals surface area contributed by atoms with Crippen molar-refractivity contribution in [2.75, 3.05) is 7.11 Å². The van der Waals surface area contributed by atoms with E-state index in [9.17, 15) is 9.18 Å². The van der Waals surface area contributed by atoms with Crippen LogP contribution >= 0.6 is 15.9 Å². The average Bonchev–Trinajstić information content (AvgIpc) is 2.23. The van der Waals surface area contributed by atoms with Gasteiger partial charge in [-0.15, -0.1) is 0 Å². The van der Waals surface area contributed by atoms with Crippen molar-refractivity contribution in [3.63, 3.8) is 0 Å². The molecule has 0 fully saturated rings. The minimum absolute atomic E-state index is 0.189. The highest BCUT2D eigenvalue weighted by Crippen LogP contribution is 2.17. The SMILES string of the molecule is COC(=O)CC=Cc1ccc(Br)c(F)c1. The molecule has 0 atom stereocenters. The molecule has 0 bridgehead atoms. The Morgan fingerprint density at radius 3 is 2.93 bits per heavy atom. The summed E-state index contributed by atoms with van der Waals surface area (Å²) in [5, 5.41) is 0. The van der Waals surface area contributed by atoms with Gasteiger partial charge in [-0.3, -0.25) is 4.79 Å². The normalized spacial score (nSPS) is 10.6. The van der Waals surface area contributed by atoms with Crippen molar-refractivity contribution in [1.82, 2.24) is 0 Å². The van der Waals surface area contributed by atoms with E-state index in [0.717, 1.165) is 0 Å². The molecule has 0 saturated heterocycles. The molecule has 0 heterocycles. The third-order valence-electron chi connectivity index (χ3n) is 1.77. The fourth-order valence-electron chi connectivity index (χ4n) is 0.991. The number of carbonyl (C=O) groups excluding carboxylic acids is 1. The van der Waals surface area contributed by atoms with Crippen molar-refractivity contribution < 1.29 is 13.9 Å². The van der Waals surface area contributed by atoms with Gasteiger partial charge in [0.15, 0.2) is 0 Å². The number of rotatable bonds is 3. The predicted molar refractivity (Wildman–Crippen MR) is 59.8 cm³/mol. The molecule has 0 spiro atoms. The van der Waals surface area contributed by atoms with E-state index in [2.05, 4.69) is 20.7 Å². The summed E-state index contributed by atoms with van der Waals surface area (Å²) in [7, 11) is 1.33. The van der Waals surface area contributed by atoms with Gasteiger partial charge in [0.25, 0.3) is 0 Å². The molecule has 15 heavy (non-hydrogen) atoms. The monoisotopic (exact) mass is 272 g/mol. The first kappa shape index (κ1) is 11.9. The molecule has 80 valence electrons. The molecule has 0 unspecified atom stereocenters. The number of ether oxygens (including phenoxy) is 1. The first-order valence-electron chi connectivity index (χ1n) is 4.32. The van der Waals surface area contributed by atoms with E-state index in [1.807, 2.05) is 0 Å². The van der Waals surface area contributed by atoms with Crippen molar-refractivity contribution in [3.8, 4) is 0 Å². The maximum atomic E-state index is 13.1. The highest BCUT2D eigenvalue weighted by Gasteiger charge is 1.98. The van der Waals surface area contributed by atoms with E-state index in [4.69, 9.17) is 0 Å². The summed E-state index contributed by atoms with van der Waals surface area (Å²) >= 11 is 3.06. The summed E-state index contributed by atoms with van der Waals surface area (Å²) in [6.45, 7) is 0. The van der Waals surface area contributed by atoms with Crippen molar-refractivity contribution >= 4 is 28.0 Å². The van der Waals surface area contributed by atoms with E-state index >= 15 is 0 Å². The molecule has 0 radical (unpaired) electrons. The van der Waals surface area contributed by atoms with Crippen molar-refractivity contribution in [3.05, 3.63) is 40.1 Å². The van der Waals surface area contributed by atoms with Gasteiger partial charge in [-0.1, -0.05) is 18.2 Å². The molecule has 1 aromatic carbocycles. The number of esters is 1. The lowest BCUT2D eigenvalue weighted by molar-refractivity contribution is -0.139. The van der Waals surface area contributed by atoms with Crippen molar-refractivity contribution in [2.24, 2.45) is 0 Å². The van der Waals surface area contributed by atoms with Gasteiger partial charge in [-0.2, -0.15) is 0 Å². The number of methoxy groups -OCH3 is 1. The van der Waals surface area contributed by atoms with Crippen molar-refractivity contribution in [2.45, 2.75) is 6.42 Å². The van der Waals surface area contributed by atoms with Gasteiger partial charge in [0.2, 0.25) is 0 Å². The molecule has 0 N–H and O–H groups in total. The molecule has 0 saturated carbocycles. The Balaban J connectivity index is 2.65. The third kappa shape index (κ3) is 3.83. The van der Waals surface area contributed by atoms with Crippen LogP contribution in [0.3, 0.4) is 0 Å². The van der Waals surface area contributed by atoms with Gasteiger partial charge in [0.05, 0.1) is 18.0 Å². The minimum Gasteiger partial charge on any atom is -0.469 e. The minimum atomic E-state index is -0.324. The number of hydrogen-bond acceptors (Lipinski definition) is 2. The van der Waals surface area contributed by atoms with E-state index < -0.39 is 0 Å². The van der Waals surface area contributed by atoms with Crippen LogP contribution in [0.1, 0.15) is 12.0 Å². The zero-order valence-corrected chi connectivity index (χ0v) is 9.75. The highest BCUT2D eigenvalue weighted by molar-refractivity contribution is 9.10. The molecule has 2 nitrogen and oxygen atoms in total. The topological polar surface area (TPSA) is 26.3 Å². The molecule has 0 aliphatic rings. The fraction of sp³-hybridized carbons (Fsp3) is 0.182. The van der Waals surface area contributed by atoms with Crippen LogP contribution in [0.5, 0.6) is 0 Å². The molecular formula is C11H10BrFO2. The quantitative estimate of drug-likeness (QED) is 0.791. The Kier molecular flexibility index (Phi) is 4.49. The number of benzene rings is 1. The Labute approximate surface area is 95.9 Å². The summed E-state index contributed by atoms with van der Waals surface area (Å²) < 4.78 is 17.9. The van der Waals surface area contributed by atoms with E-state index in [1.165, 1.54) is 13.2 Å². The van der Waals surface area contributed by atoms with Gasteiger partial charge in [0, 0.05) is 0 Å². The number of halogens is 2. The van der Waals surface area contributed by atoms with Crippen LogP contribution in [0.15, 0.2) is 28.7 Å². The maximum absolute atomic E-state index is 13.1. The fourth-order valence-corrected chi connectivity index (χ4v) is 1.24. The summed E-state index contributed by atoms with van der Waals surface area (Å²) in [6.07, 6.45) is 3.50. The van der Waals surface area contributed by atoms with Crippen LogP contribution in [0, 0.1) is 5.82 Å². The third-order valence-corrected chi connectivity index (χ3v) is 2.41. The summed E-state index contributed by atoms with van der Waals surface area (Å²) in [6, 6.07) is 4.76. The average molecular weight is 273 g/mol. The first-order chi connectivity index (χ1) is 7.13. The maximum Gasteiger partial charge on any atom is 0.309 e. The molecule has 1 aromatic rings. The summed E-state index contributed by atoms with van der Waals surface area (Å²) in [4.78, 5) is 10.8. The van der Waals surface area contributed by atoms with Crippen LogP contribution < -0.4 is 0 Å². The van der Waals surface area contributed by atoms with Gasteiger partial charge in [0.1, 0.15) is 5.82 Å². The zero-order valence-electron chi connectivity index (χ0n) is 8.17. The van der Waals surface area contributed by atoms with Crippen LogP contribution in [0.2, 0.25) is 0 Å². The van der Waals surface area contributed by atoms with Gasteiger partial charge in [-0.25, -0.2) is 4.39 Å². The summed E-state index contributed by atoms with van der Waals surface area (Å²) in [5.74, 6) is -0.640. The molecule has 1 rings (SSSR count). The second kappa shape index (κ2) is 5.66. The lowest BCUT2D eigenvalue weighted by atomic mass is 10.2. The number of carbonyl (C=O) groups is 1. The summed E-state index contributed by atoms with van der Waals surface area (Å²) in [5.41, 5.74) is 0.708. The second-order valence-electron chi connectivity index (χ2n) is 2.86. The molecular weight excluding hydrogens is 263 g/mol. The van der Waals surface area contributed by atoms with Crippen molar-refractivity contribution in [1.29, 1.82) is 0 Å². The Morgan fingerprint density at radius 2 is 2.33 bits per heavy atom. The predicted octanol–water partition coefficient (Wildman–Crippen LogP) is 3.16. The lowest BCUT2D eigenvalue weighted by Gasteiger charge is -1.96. The van der Waals surface area contributed by atoms with Crippen LogP contribution in [-0.4, -0.2) is 13.1 Å². The molecule has 0 aliphatic carbocycles. The van der Waals surface area contributed by atoms with E-state index in [1.54, 1.807) is 24.3 Å². The largest absolute Gasteiger partial charge is 0.469 e. The smallest absolute Gasteiger partial charge is 0.309 e. The van der Waals surface area contributed by atoms with Gasteiger partial charge >= 0.3 is 5.97 Å². The standard InChI is InChI=1S/C11H10BrFO2/c1-15-11(14)4-2-3-8-5-6-9(12)10(13)7-8/h2-3,5-7H,4H2,1H3.